The summed E-state index contributed by atoms with van der Waals surface area (Å²) in [5, 5.41) is 15.4. The number of hydrogen-bond acceptors (Lipinski definition) is 3. The standard InChI is InChI=1S/C15H27F2N5O/c1-3-5-12(6-9-23)10-20-15(18-4-2)21-11-13-19-7-8-22(13)14(16)17/h7-8,12,14,23H,3-6,9-11H2,1-2H3,(H2,18,20,21). The van der Waals surface area contributed by atoms with Crippen LogP contribution in [0, 0.1) is 5.92 Å². The van der Waals surface area contributed by atoms with Crippen molar-refractivity contribution in [1.29, 1.82) is 0 Å². The average molecular weight is 331 g/mol. The van der Waals surface area contributed by atoms with Crippen molar-refractivity contribution in [3.8, 4) is 0 Å². The van der Waals surface area contributed by atoms with Crippen LogP contribution in [0.5, 0.6) is 0 Å². The summed E-state index contributed by atoms with van der Waals surface area (Å²) >= 11 is 0. The van der Waals surface area contributed by atoms with Gasteiger partial charge in [-0.05, 0) is 25.7 Å². The van der Waals surface area contributed by atoms with Crippen molar-refractivity contribution in [3.05, 3.63) is 18.2 Å². The summed E-state index contributed by atoms with van der Waals surface area (Å²) in [5.74, 6) is 1.14. The van der Waals surface area contributed by atoms with Crippen molar-refractivity contribution in [2.75, 3.05) is 19.7 Å². The van der Waals surface area contributed by atoms with E-state index in [0.29, 0.717) is 25.0 Å². The molecule has 1 atom stereocenters. The quantitative estimate of drug-likeness (QED) is 0.453. The molecule has 0 aliphatic rings. The van der Waals surface area contributed by atoms with Crippen molar-refractivity contribution in [1.82, 2.24) is 20.2 Å². The van der Waals surface area contributed by atoms with E-state index >= 15 is 0 Å². The summed E-state index contributed by atoms with van der Waals surface area (Å²) in [6.45, 7) is 3.02. The topological polar surface area (TPSA) is 74.5 Å². The Morgan fingerprint density at radius 3 is 2.74 bits per heavy atom. The van der Waals surface area contributed by atoms with Gasteiger partial charge in [0.1, 0.15) is 12.4 Å². The molecular formula is C15H27F2N5O. The maximum Gasteiger partial charge on any atom is 0.319 e. The third-order valence-electron chi connectivity index (χ3n) is 3.47. The Hall–Kier alpha value is -1.70. The number of halogens is 2. The molecule has 0 aliphatic carbocycles. The van der Waals surface area contributed by atoms with E-state index in [0.717, 1.165) is 23.8 Å². The lowest BCUT2D eigenvalue weighted by molar-refractivity contribution is 0.0671. The Morgan fingerprint density at radius 2 is 2.13 bits per heavy atom. The van der Waals surface area contributed by atoms with Crippen LogP contribution < -0.4 is 10.6 Å². The van der Waals surface area contributed by atoms with Crippen LogP contribution in [-0.4, -0.2) is 40.3 Å². The molecule has 6 nitrogen and oxygen atoms in total. The van der Waals surface area contributed by atoms with Gasteiger partial charge in [-0.25, -0.2) is 9.98 Å². The van der Waals surface area contributed by atoms with Crippen LogP contribution in [0.25, 0.3) is 0 Å². The minimum absolute atomic E-state index is 0.0745. The summed E-state index contributed by atoms with van der Waals surface area (Å²) < 4.78 is 26.4. The van der Waals surface area contributed by atoms with Crippen molar-refractivity contribution in [2.45, 2.75) is 46.2 Å². The summed E-state index contributed by atoms with van der Waals surface area (Å²) in [5.41, 5.74) is 0. The summed E-state index contributed by atoms with van der Waals surface area (Å²) in [7, 11) is 0. The molecule has 3 N–H and O–H groups in total. The Bertz CT molecular complexity index is 458. The first-order chi connectivity index (χ1) is 11.1. The zero-order valence-corrected chi connectivity index (χ0v) is 13.8. The molecule has 0 saturated heterocycles. The van der Waals surface area contributed by atoms with Gasteiger partial charge < -0.3 is 15.7 Å². The van der Waals surface area contributed by atoms with E-state index in [1.165, 1.54) is 12.4 Å². The molecule has 8 heteroatoms. The van der Waals surface area contributed by atoms with Gasteiger partial charge in [0, 0.05) is 32.1 Å². The minimum atomic E-state index is -2.61. The van der Waals surface area contributed by atoms with Crippen LogP contribution in [0.3, 0.4) is 0 Å². The van der Waals surface area contributed by atoms with E-state index in [-0.39, 0.29) is 19.0 Å². The van der Waals surface area contributed by atoms with Crippen LogP contribution in [0.4, 0.5) is 8.78 Å². The third kappa shape index (κ3) is 6.94. The molecule has 0 amide bonds. The highest BCUT2D eigenvalue weighted by Gasteiger charge is 2.12. The fraction of sp³-hybridized carbons (Fsp3) is 0.733. The number of hydrogen-bond donors (Lipinski definition) is 3. The van der Waals surface area contributed by atoms with Crippen LogP contribution in [0.1, 0.15) is 45.5 Å². The minimum Gasteiger partial charge on any atom is -0.396 e. The highest BCUT2D eigenvalue weighted by Crippen LogP contribution is 2.13. The molecule has 0 spiro atoms. The normalized spacial score (nSPS) is 13.4. The van der Waals surface area contributed by atoms with Gasteiger partial charge >= 0.3 is 6.55 Å². The molecule has 0 aliphatic heterocycles. The van der Waals surface area contributed by atoms with Gasteiger partial charge in [0.25, 0.3) is 0 Å². The summed E-state index contributed by atoms with van der Waals surface area (Å²) in [6.07, 6.45) is 5.38. The predicted octanol–water partition coefficient (Wildman–Crippen LogP) is 2.13. The van der Waals surface area contributed by atoms with Crippen molar-refractivity contribution in [2.24, 2.45) is 10.9 Å². The summed E-state index contributed by atoms with van der Waals surface area (Å²) in [6, 6.07) is 0. The lowest BCUT2D eigenvalue weighted by Gasteiger charge is -2.18. The van der Waals surface area contributed by atoms with Gasteiger partial charge in [-0.3, -0.25) is 4.57 Å². The van der Waals surface area contributed by atoms with Crippen LogP contribution in [0.2, 0.25) is 0 Å². The first-order valence-electron chi connectivity index (χ1n) is 8.05. The van der Waals surface area contributed by atoms with E-state index in [1.54, 1.807) is 0 Å². The van der Waals surface area contributed by atoms with Gasteiger partial charge in [0.05, 0.1) is 0 Å². The third-order valence-corrected chi connectivity index (χ3v) is 3.47. The Balaban J connectivity index is 2.63. The average Bonchev–Trinajstić information content (AvgIpc) is 2.99. The van der Waals surface area contributed by atoms with E-state index in [4.69, 9.17) is 5.11 Å². The van der Waals surface area contributed by atoms with E-state index in [9.17, 15) is 8.78 Å². The predicted molar refractivity (Wildman–Crippen MR) is 86.4 cm³/mol. The number of aromatic nitrogens is 2. The van der Waals surface area contributed by atoms with Crippen LogP contribution in [-0.2, 0) is 6.54 Å². The lowest BCUT2D eigenvalue weighted by Crippen LogP contribution is -2.40. The largest absolute Gasteiger partial charge is 0.396 e. The van der Waals surface area contributed by atoms with Crippen molar-refractivity contribution in [3.63, 3.8) is 0 Å². The maximum absolute atomic E-state index is 12.8. The van der Waals surface area contributed by atoms with Crippen LogP contribution in [0.15, 0.2) is 17.4 Å². The van der Waals surface area contributed by atoms with Gasteiger partial charge in [0.2, 0.25) is 0 Å². The number of imidazole rings is 1. The molecule has 0 aromatic carbocycles. The molecule has 1 unspecified atom stereocenters. The van der Waals surface area contributed by atoms with Gasteiger partial charge in [0.15, 0.2) is 5.96 Å². The molecule has 132 valence electrons. The number of aliphatic imine (C=N–C) groups is 1. The van der Waals surface area contributed by atoms with Crippen molar-refractivity contribution < 1.29 is 13.9 Å². The molecule has 0 fully saturated rings. The van der Waals surface area contributed by atoms with Crippen molar-refractivity contribution >= 4 is 5.96 Å². The number of aliphatic hydroxyl groups is 1. The SMILES string of the molecule is CCCC(CCO)CNC(=NCc1nccn1C(F)F)NCC. The lowest BCUT2D eigenvalue weighted by atomic mass is 10.0. The Morgan fingerprint density at radius 1 is 1.35 bits per heavy atom. The second-order valence-corrected chi connectivity index (χ2v) is 5.27. The van der Waals surface area contributed by atoms with E-state index < -0.39 is 6.55 Å². The number of aliphatic hydroxyl groups excluding tert-OH is 1. The second kappa shape index (κ2) is 10.9. The highest BCUT2D eigenvalue weighted by atomic mass is 19.3. The highest BCUT2D eigenvalue weighted by molar-refractivity contribution is 5.79. The molecular weight excluding hydrogens is 304 g/mol. The first-order valence-corrected chi connectivity index (χ1v) is 8.05. The number of rotatable bonds is 10. The molecule has 1 rings (SSSR count). The molecule has 23 heavy (non-hydrogen) atoms. The molecule has 1 heterocycles. The first kappa shape index (κ1) is 19.3. The van der Waals surface area contributed by atoms with Gasteiger partial charge in [-0.15, -0.1) is 0 Å². The second-order valence-electron chi connectivity index (χ2n) is 5.27. The Kier molecular flexibility index (Phi) is 9.20. The molecule has 0 saturated carbocycles. The van der Waals surface area contributed by atoms with E-state index in [1.807, 2.05) is 6.92 Å². The maximum atomic E-state index is 12.8. The number of nitrogens with zero attached hydrogens (tertiary/aromatic N) is 3. The molecule has 0 radical (unpaired) electrons. The monoisotopic (exact) mass is 331 g/mol. The van der Waals surface area contributed by atoms with Gasteiger partial charge in [-0.1, -0.05) is 13.3 Å². The fourth-order valence-electron chi connectivity index (χ4n) is 2.32. The number of nitrogens with one attached hydrogen (secondary N) is 2. The van der Waals surface area contributed by atoms with Gasteiger partial charge in [-0.2, -0.15) is 8.78 Å². The number of guanidine groups is 1. The fourth-order valence-corrected chi connectivity index (χ4v) is 2.32. The molecule has 1 aromatic rings. The zero-order chi connectivity index (χ0) is 17.1. The Labute approximate surface area is 136 Å². The zero-order valence-electron chi connectivity index (χ0n) is 13.8. The van der Waals surface area contributed by atoms with E-state index in [2.05, 4.69) is 27.5 Å². The smallest absolute Gasteiger partial charge is 0.319 e. The number of alkyl halides is 2. The summed E-state index contributed by atoms with van der Waals surface area (Å²) in [4.78, 5) is 8.22. The molecule has 1 aromatic heterocycles. The van der Waals surface area contributed by atoms with Crippen LogP contribution >= 0.6 is 0 Å². The molecule has 0 bridgehead atoms.